The maximum atomic E-state index is 14.8. The van der Waals surface area contributed by atoms with Crippen molar-refractivity contribution in [1.29, 1.82) is 0 Å². The molecule has 0 fully saturated rings. The quantitative estimate of drug-likeness (QED) is 0.665. The topological polar surface area (TPSA) is 88.4 Å². The summed E-state index contributed by atoms with van der Waals surface area (Å²) < 4.78 is 58.6. The summed E-state index contributed by atoms with van der Waals surface area (Å²) in [6.45, 7) is 1.74. The summed E-state index contributed by atoms with van der Waals surface area (Å²) in [5, 5.41) is 7.06. The minimum Gasteiger partial charge on any atom is -0.324 e. The Kier molecular flexibility index (Phi) is 5.02. The van der Waals surface area contributed by atoms with Crippen LogP contribution in [0.25, 0.3) is 0 Å². The summed E-state index contributed by atoms with van der Waals surface area (Å²) in [7, 11) is -2.23. The maximum absolute atomic E-state index is 14.8. The van der Waals surface area contributed by atoms with Crippen LogP contribution in [0.15, 0.2) is 58.5 Å². The van der Waals surface area contributed by atoms with Crippen molar-refractivity contribution in [2.75, 3.05) is 5.32 Å². The largest absolute Gasteiger partial charge is 0.324 e. The molecule has 2 heterocycles. The van der Waals surface area contributed by atoms with Crippen LogP contribution in [-0.2, 0) is 23.6 Å². The van der Waals surface area contributed by atoms with Crippen LogP contribution in [0.4, 0.5) is 14.5 Å². The molecule has 2 aromatic carbocycles. The fourth-order valence-electron chi connectivity index (χ4n) is 3.44. The Morgan fingerprint density at radius 1 is 1.13 bits per heavy atom. The van der Waals surface area contributed by atoms with Crippen LogP contribution >= 0.6 is 0 Å². The molecule has 0 unspecified atom stereocenters. The Morgan fingerprint density at radius 3 is 2.60 bits per heavy atom. The van der Waals surface area contributed by atoms with E-state index < -0.39 is 27.6 Å². The first-order valence-corrected chi connectivity index (χ1v) is 10.6. The smallest absolute Gasteiger partial charge is 0.266 e. The molecule has 1 aliphatic rings. The van der Waals surface area contributed by atoms with E-state index in [-0.39, 0.29) is 34.2 Å². The van der Waals surface area contributed by atoms with Gasteiger partial charge in [0.15, 0.2) is 0 Å². The Balaban J connectivity index is 1.78. The molecule has 0 spiro atoms. The van der Waals surface area contributed by atoms with Crippen molar-refractivity contribution in [2.45, 2.75) is 24.3 Å². The second-order valence-corrected chi connectivity index (χ2v) is 8.60. The molecule has 1 aromatic heterocycles. The van der Waals surface area contributed by atoms with E-state index in [4.69, 9.17) is 0 Å². The number of aryl methyl sites for hydroxylation is 1. The van der Waals surface area contributed by atoms with Crippen LogP contribution in [0.3, 0.4) is 0 Å². The number of fused-ring (bicyclic) bond motifs is 1. The molecule has 7 nitrogen and oxygen atoms in total. The Labute approximate surface area is 172 Å². The second-order valence-electron chi connectivity index (χ2n) is 6.95. The van der Waals surface area contributed by atoms with E-state index in [0.29, 0.717) is 5.69 Å². The number of sulfonamides is 1. The highest BCUT2D eigenvalue weighted by molar-refractivity contribution is 7.90. The highest BCUT2D eigenvalue weighted by Gasteiger charge is 2.32. The predicted octanol–water partition coefficient (Wildman–Crippen LogP) is 3.11. The van der Waals surface area contributed by atoms with Crippen molar-refractivity contribution in [3.63, 3.8) is 0 Å². The number of nitrogens with one attached hydrogen (secondary N) is 2. The van der Waals surface area contributed by atoms with Crippen molar-refractivity contribution in [3.8, 4) is 0 Å². The van der Waals surface area contributed by atoms with E-state index >= 15 is 0 Å². The first-order valence-electron chi connectivity index (χ1n) is 9.16. The fraction of sp³-hybridized carbons (Fsp3) is 0.200. The van der Waals surface area contributed by atoms with Gasteiger partial charge >= 0.3 is 0 Å². The summed E-state index contributed by atoms with van der Waals surface area (Å²) in [4.78, 5) is 4.10. The molecule has 3 aromatic rings. The standard InChI is InChI=1S/C20H19F2N5O2S/c1-12(14-5-3-4-6-15(14)21)18-16(22)7-8-17-19(18)24-20(26-30(17,28)29)23-11-13-9-10-27(2)25-13/h3-10,12H,11H2,1-2H3,(H2,23,24,26)/t12-/m0/s1. The van der Waals surface area contributed by atoms with Crippen LogP contribution in [0.5, 0.6) is 0 Å². The lowest BCUT2D eigenvalue weighted by molar-refractivity contribution is 0.577. The number of rotatable bonds is 4. The van der Waals surface area contributed by atoms with Crippen molar-refractivity contribution >= 4 is 21.7 Å². The Morgan fingerprint density at radius 2 is 1.90 bits per heavy atom. The van der Waals surface area contributed by atoms with Crippen LogP contribution in [0, 0.1) is 11.6 Å². The van der Waals surface area contributed by atoms with E-state index in [2.05, 4.69) is 20.1 Å². The zero-order valence-corrected chi connectivity index (χ0v) is 17.0. The van der Waals surface area contributed by atoms with Gasteiger partial charge in [-0.05, 0) is 29.8 Å². The molecule has 0 amide bonds. The van der Waals surface area contributed by atoms with Gasteiger partial charge in [-0.2, -0.15) is 5.10 Å². The number of aliphatic imine (C=N–C) groups is 1. The molecule has 0 aliphatic carbocycles. The van der Waals surface area contributed by atoms with Gasteiger partial charge in [0.2, 0.25) is 5.96 Å². The maximum Gasteiger partial charge on any atom is 0.266 e. The lowest BCUT2D eigenvalue weighted by atomic mass is 9.91. The minimum absolute atomic E-state index is 0.0456. The summed E-state index contributed by atoms with van der Waals surface area (Å²) in [6.07, 6.45) is 1.74. The van der Waals surface area contributed by atoms with Gasteiger partial charge in [0.25, 0.3) is 10.0 Å². The Bertz CT molecular complexity index is 1250. The van der Waals surface area contributed by atoms with E-state index in [1.807, 2.05) is 0 Å². The second kappa shape index (κ2) is 7.52. The number of hydrogen-bond acceptors (Lipinski definition) is 4. The molecular weight excluding hydrogens is 412 g/mol. The average Bonchev–Trinajstić information content (AvgIpc) is 3.11. The van der Waals surface area contributed by atoms with Gasteiger partial charge in [-0.15, -0.1) is 0 Å². The predicted molar refractivity (Wildman–Crippen MR) is 109 cm³/mol. The molecule has 1 atom stereocenters. The van der Waals surface area contributed by atoms with Crippen LogP contribution in [0.1, 0.15) is 29.7 Å². The molecule has 0 radical (unpaired) electrons. The summed E-state index contributed by atoms with van der Waals surface area (Å²) in [5.41, 5.74) is 0.989. The molecule has 10 heteroatoms. The van der Waals surface area contributed by atoms with E-state index in [1.54, 1.807) is 43.0 Å². The minimum atomic E-state index is -3.98. The highest BCUT2D eigenvalue weighted by atomic mass is 32.2. The molecular formula is C20H19F2N5O2S. The average molecular weight is 431 g/mol. The summed E-state index contributed by atoms with van der Waals surface area (Å²) in [5.74, 6) is -1.93. The number of hydrogen-bond donors (Lipinski definition) is 2. The normalized spacial score (nSPS) is 17.1. The third kappa shape index (κ3) is 3.65. The number of halogens is 2. The number of benzene rings is 2. The van der Waals surface area contributed by atoms with E-state index in [9.17, 15) is 17.2 Å². The summed E-state index contributed by atoms with van der Waals surface area (Å²) in [6, 6.07) is 10.0. The van der Waals surface area contributed by atoms with E-state index in [1.165, 1.54) is 18.2 Å². The highest BCUT2D eigenvalue weighted by Crippen LogP contribution is 2.38. The molecule has 0 saturated heterocycles. The number of guanidine groups is 1. The zero-order valence-electron chi connectivity index (χ0n) is 16.2. The van der Waals surface area contributed by atoms with Crippen LogP contribution < -0.4 is 10.0 Å². The molecule has 2 N–H and O–H groups in total. The molecule has 1 aliphatic heterocycles. The van der Waals surface area contributed by atoms with Crippen molar-refractivity contribution in [3.05, 3.63) is 77.1 Å². The summed E-state index contributed by atoms with van der Waals surface area (Å²) >= 11 is 0. The van der Waals surface area contributed by atoms with Crippen molar-refractivity contribution in [2.24, 2.45) is 12.0 Å². The fourth-order valence-corrected chi connectivity index (χ4v) is 4.59. The van der Waals surface area contributed by atoms with Crippen LogP contribution in [0.2, 0.25) is 0 Å². The number of nitrogens with zero attached hydrogens (tertiary/aromatic N) is 3. The first kappa shape index (κ1) is 20.0. The van der Waals surface area contributed by atoms with Gasteiger partial charge < -0.3 is 5.32 Å². The van der Waals surface area contributed by atoms with Crippen molar-refractivity contribution in [1.82, 2.24) is 14.5 Å². The van der Waals surface area contributed by atoms with Gasteiger partial charge in [-0.25, -0.2) is 26.9 Å². The number of anilines is 1. The number of aromatic nitrogens is 2. The zero-order chi connectivity index (χ0) is 21.5. The third-order valence-corrected chi connectivity index (χ3v) is 6.27. The lowest BCUT2D eigenvalue weighted by Crippen LogP contribution is -2.41. The van der Waals surface area contributed by atoms with Gasteiger partial charge in [0, 0.05) is 24.7 Å². The molecule has 4 rings (SSSR count). The SMILES string of the molecule is C[C@@H](c1ccccc1F)c1c(F)ccc2c1NC(=NCc1ccn(C)n1)NS2(=O)=O. The lowest BCUT2D eigenvalue weighted by Gasteiger charge is -2.26. The monoisotopic (exact) mass is 431 g/mol. The van der Waals surface area contributed by atoms with Gasteiger partial charge in [0.1, 0.15) is 16.5 Å². The molecule has 30 heavy (non-hydrogen) atoms. The first-order chi connectivity index (χ1) is 14.3. The van der Waals surface area contributed by atoms with Gasteiger partial charge in [-0.3, -0.25) is 4.68 Å². The molecule has 0 bridgehead atoms. The third-order valence-electron chi connectivity index (χ3n) is 4.89. The van der Waals surface area contributed by atoms with Gasteiger partial charge in [0.05, 0.1) is 17.9 Å². The molecule has 0 saturated carbocycles. The molecule has 156 valence electrons. The van der Waals surface area contributed by atoms with Gasteiger partial charge in [-0.1, -0.05) is 25.1 Å². The van der Waals surface area contributed by atoms with Crippen LogP contribution in [-0.4, -0.2) is 24.2 Å². The Hall–Kier alpha value is -3.27. The van der Waals surface area contributed by atoms with E-state index in [0.717, 1.165) is 6.07 Å². The van der Waals surface area contributed by atoms with Crippen molar-refractivity contribution < 1.29 is 17.2 Å².